The number of carbonyl (C=O) groups excluding carboxylic acids is 2. The van der Waals surface area contributed by atoms with Crippen molar-refractivity contribution in [2.45, 2.75) is 40.2 Å². The summed E-state index contributed by atoms with van der Waals surface area (Å²) < 4.78 is 0. The number of ketones is 1. The number of anilines is 1. The number of rotatable bonds is 8. The standard InChI is InChI=1S/C19H24N2O2S/c1-4-20-12-15-6-5-7-16(11-15)21-19(23)9-8-18(22)17-10-13(2)24-14(17)3/h5-7,10-11,20H,4,8-9,12H2,1-3H3,(H,21,23). The molecule has 0 bridgehead atoms. The highest BCUT2D eigenvalue weighted by atomic mass is 32.1. The van der Waals surface area contributed by atoms with Gasteiger partial charge in [-0.25, -0.2) is 0 Å². The molecule has 0 radical (unpaired) electrons. The fourth-order valence-corrected chi connectivity index (χ4v) is 3.46. The summed E-state index contributed by atoms with van der Waals surface area (Å²) in [6.45, 7) is 7.66. The molecule has 0 saturated heterocycles. The van der Waals surface area contributed by atoms with Crippen molar-refractivity contribution in [3.8, 4) is 0 Å². The van der Waals surface area contributed by atoms with Crippen LogP contribution in [0.2, 0.25) is 0 Å². The number of carbonyl (C=O) groups is 2. The van der Waals surface area contributed by atoms with Crippen LogP contribution in [0.4, 0.5) is 5.69 Å². The van der Waals surface area contributed by atoms with Crippen LogP contribution in [0.3, 0.4) is 0 Å². The largest absolute Gasteiger partial charge is 0.326 e. The Balaban J connectivity index is 1.87. The molecule has 0 aliphatic carbocycles. The molecular formula is C19H24N2O2S. The second-order valence-electron chi connectivity index (χ2n) is 5.78. The maximum atomic E-state index is 12.2. The van der Waals surface area contributed by atoms with Gasteiger partial charge >= 0.3 is 0 Å². The number of amides is 1. The van der Waals surface area contributed by atoms with Gasteiger partial charge in [0.25, 0.3) is 0 Å². The van der Waals surface area contributed by atoms with Gasteiger partial charge in [0.2, 0.25) is 5.91 Å². The smallest absolute Gasteiger partial charge is 0.224 e. The molecule has 0 spiro atoms. The van der Waals surface area contributed by atoms with Crippen molar-refractivity contribution in [2.24, 2.45) is 0 Å². The van der Waals surface area contributed by atoms with E-state index in [-0.39, 0.29) is 24.5 Å². The van der Waals surface area contributed by atoms with E-state index in [2.05, 4.69) is 17.6 Å². The van der Waals surface area contributed by atoms with E-state index in [0.717, 1.165) is 39.7 Å². The lowest BCUT2D eigenvalue weighted by Crippen LogP contribution is -2.15. The van der Waals surface area contributed by atoms with Crippen molar-refractivity contribution in [2.75, 3.05) is 11.9 Å². The van der Waals surface area contributed by atoms with Crippen molar-refractivity contribution in [1.82, 2.24) is 5.32 Å². The molecular weight excluding hydrogens is 320 g/mol. The molecule has 1 aromatic carbocycles. The van der Waals surface area contributed by atoms with E-state index in [1.807, 2.05) is 44.2 Å². The first-order chi connectivity index (χ1) is 11.5. The molecule has 2 rings (SSSR count). The van der Waals surface area contributed by atoms with Gasteiger partial charge < -0.3 is 10.6 Å². The monoisotopic (exact) mass is 344 g/mol. The van der Waals surface area contributed by atoms with Gasteiger partial charge in [0.1, 0.15) is 0 Å². The van der Waals surface area contributed by atoms with Crippen LogP contribution in [0.15, 0.2) is 30.3 Å². The average Bonchev–Trinajstić information content (AvgIpc) is 2.89. The van der Waals surface area contributed by atoms with Crippen molar-refractivity contribution in [3.05, 3.63) is 51.2 Å². The number of hydrogen-bond donors (Lipinski definition) is 2. The molecule has 0 aliphatic heterocycles. The third kappa shape index (κ3) is 5.28. The first-order valence-corrected chi connectivity index (χ1v) is 9.01. The number of benzene rings is 1. The minimum Gasteiger partial charge on any atom is -0.326 e. The molecule has 0 atom stereocenters. The van der Waals surface area contributed by atoms with Crippen LogP contribution >= 0.6 is 11.3 Å². The number of nitrogens with one attached hydrogen (secondary N) is 2. The van der Waals surface area contributed by atoms with Crippen LogP contribution in [0.25, 0.3) is 0 Å². The molecule has 2 N–H and O–H groups in total. The summed E-state index contributed by atoms with van der Waals surface area (Å²) in [6, 6.07) is 9.66. The highest BCUT2D eigenvalue weighted by molar-refractivity contribution is 7.12. The second kappa shape index (κ2) is 8.76. The van der Waals surface area contributed by atoms with Crippen LogP contribution in [0.1, 0.15) is 45.4 Å². The number of Topliss-reactive ketones (excluding diaryl/α,β-unsaturated/α-hetero) is 1. The zero-order valence-corrected chi connectivity index (χ0v) is 15.3. The van der Waals surface area contributed by atoms with Crippen LogP contribution < -0.4 is 10.6 Å². The summed E-state index contributed by atoms with van der Waals surface area (Å²) in [7, 11) is 0. The lowest BCUT2D eigenvalue weighted by molar-refractivity contribution is -0.116. The highest BCUT2D eigenvalue weighted by Gasteiger charge is 2.14. The third-order valence-electron chi connectivity index (χ3n) is 3.71. The molecule has 0 aliphatic rings. The van der Waals surface area contributed by atoms with Crippen LogP contribution in [-0.2, 0) is 11.3 Å². The van der Waals surface area contributed by atoms with Crippen molar-refractivity contribution in [3.63, 3.8) is 0 Å². The van der Waals surface area contributed by atoms with Crippen LogP contribution in [-0.4, -0.2) is 18.2 Å². The maximum Gasteiger partial charge on any atom is 0.224 e. The summed E-state index contributed by atoms with van der Waals surface area (Å²) in [4.78, 5) is 26.5. The topological polar surface area (TPSA) is 58.2 Å². The van der Waals surface area contributed by atoms with E-state index in [9.17, 15) is 9.59 Å². The predicted octanol–water partition coefficient (Wildman–Crippen LogP) is 4.08. The van der Waals surface area contributed by atoms with E-state index in [1.165, 1.54) is 0 Å². The minimum atomic E-state index is -0.131. The minimum absolute atomic E-state index is 0.0351. The first kappa shape index (κ1) is 18.4. The van der Waals surface area contributed by atoms with E-state index in [1.54, 1.807) is 11.3 Å². The Morgan fingerprint density at radius 3 is 2.58 bits per heavy atom. The van der Waals surface area contributed by atoms with Gasteiger partial charge in [-0.15, -0.1) is 11.3 Å². The van der Waals surface area contributed by atoms with Gasteiger partial charge in [-0.1, -0.05) is 19.1 Å². The van der Waals surface area contributed by atoms with E-state index in [4.69, 9.17) is 0 Å². The van der Waals surface area contributed by atoms with E-state index < -0.39 is 0 Å². The Kier molecular flexibility index (Phi) is 6.70. The normalized spacial score (nSPS) is 10.6. The highest BCUT2D eigenvalue weighted by Crippen LogP contribution is 2.22. The van der Waals surface area contributed by atoms with E-state index in [0.29, 0.717) is 0 Å². The summed E-state index contributed by atoms with van der Waals surface area (Å²) >= 11 is 1.62. The van der Waals surface area contributed by atoms with Gasteiger partial charge in [-0.05, 0) is 44.2 Å². The molecule has 2 aromatic rings. The summed E-state index contributed by atoms with van der Waals surface area (Å²) in [5, 5.41) is 6.12. The molecule has 0 fully saturated rings. The third-order valence-corrected chi connectivity index (χ3v) is 4.68. The molecule has 0 unspecified atom stereocenters. The summed E-state index contributed by atoms with van der Waals surface area (Å²) in [6.07, 6.45) is 0.435. The lowest BCUT2D eigenvalue weighted by Gasteiger charge is -2.08. The van der Waals surface area contributed by atoms with Gasteiger partial charge in [0.05, 0.1) is 0 Å². The van der Waals surface area contributed by atoms with Gasteiger partial charge in [0.15, 0.2) is 5.78 Å². The molecule has 5 heteroatoms. The number of aryl methyl sites for hydroxylation is 2. The van der Waals surface area contributed by atoms with Gasteiger partial charge in [-0.2, -0.15) is 0 Å². The Morgan fingerprint density at radius 2 is 1.92 bits per heavy atom. The molecule has 1 aromatic heterocycles. The molecule has 4 nitrogen and oxygen atoms in total. The summed E-state index contributed by atoms with van der Waals surface area (Å²) in [5.74, 6) is -0.0959. The van der Waals surface area contributed by atoms with Crippen molar-refractivity contribution < 1.29 is 9.59 Å². The fourth-order valence-electron chi connectivity index (χ4n) is 2.52. The fraction of sp³-hybridized carbons (Fsp3) is 0.368. The Morgan fingerprint density at radius 1 is 1.12 bits per heavy atom. The Hall–Kier alpha value is -1.98. The molecule has 1 heterocycles. The molecule has 1 amide bonds. The zero-order valence-electron chi connectivity index (χ0n) is 14.4. The van der Waals surface area contributed by atoms with Crippen molar-refractivity contribution >= 4 is 28.7 Å². The maximum absolute atomic E-state index is 12.2. The van der Waals surface area contributed by atoms with E-state index >= 15 is 0 Å². The Labute approximate surface area is 147 Å². The van der Waals surface area contributed by atoms with Crippen LogP contribution in [0, 0.1) is 13.8 Å². The molecule has 24 heavy (non-hydrogen) atoms. The number of thiophene rings is 1. The Bertz CT molecular complexity index is 722. The molecule has 128 valence electrons. The first-order valence-electron chi connectivity index (χ1n) is 8.19. The van der Waals surface area contributed by atoms with Gasteiger partial charge in [0, 0.05) is 40.4 Å². The van der Waals surface area contributed by atoms with Crippen LogP contribution in [0.5, 0.6) is 0 Å². The number of hydrogen-bond acceptors (Lipinski definition) is 4. The van der Waals surface area contributed by atoms with Crippen molar-refractivity contribution in [1.29, 1.82) is 0 Å². The summed E-state index contributed by atoms with van der Waals surface area (Å²) in [5.41, 5.74) is 2.64. The molecule has 0 saturated carbocycles. The predicted molar refractivity (Wildman–Crippen MR) is 99.8 cm³/mol. The zero-order chi connectivity index (χ0) is 17.5. The SMILES string of the molecule is CCNCc1cccc(NC(=O)CCC(=O)c2cc(C)sc2C)c1. The quantitative estimate of drug-likeness (QED) is 0.710. The average molecular weight is 344 g/mol. The lowest BCUT2D eigenvalue weighted by atomic mass is 10.1. The second-order valence-corrected chi connectivity index (χ2v) is 7.24. The van der Waals surface area contributed by atoms with Gasteiger partial charge in [-0.3, -0.25) is 9.59 Å².